The topological polar surface area (TPSA) is 75.4 Å². The van der Waals surface area contributed by atoms with E-state index in [1.54, 1.807) is 12.4 Å². The molecule has 0 aliphatic carbocycles. The number of para-hydroxylation sites is 1. The van der Waals surface area contributed by atoms with Gasteiger partial charge in [0, 0.05) is 44.3 Å². The van der Waals surface area contributed by atoms with Crippen molar-refractivity contribution in [2.24, 2.45) is 0 Å². The van der Waals surface area contributed by atoms with E-state index in [1.807, 2.05) is 35.2 Å². The van der Waals surface area contributed by atoms with Crippen molar-refractivity contribution in [2.75, 3.05) is 36.8 Å². The van der Waals surface area contributed by atoms with E-state index >= 15 is 0 Å². The van der Waals surface area contributed by atoms with Crippen LogP contribution in [0, 0.1) is 0 Å². The Kier molecular flexibility index (Phi) is 5.34. The van der Waals surface area contributed by atoms with Crippen LogP contribution in [-0.4, -0.2) is 57.9 Å². The lowest BCUT2D eigenvalue weighted by Crippen LogP contribution is -2.49. The highest BCUT2D eigenvalue weighted by atomic mass is 32.2. The van der Waals surface area contributed by atoms with Crippen molar-refractivity contribution in [3.63, 3.8) is 0 Å². The number of benzene rings is 1. The largest absolute Gasteiger partial charge is 0.411 e. The zero-order valence-electron chi connectivity index (χ0n) is 14.7. The summed E-state index contributed by atoms with van der Waals surface area (Å²) in [5, 5.41) is 8.41. The van der Waals surface area contributed by atoms with Crippen LogP contribution in [0.4, 0.5) is 5.69 Å². The third-order valence-electron chi connectivity index (χ3n) is 4.39. The maximum Gasteiger partial charge on any atom is 0.277 e. The molecule has 8 heteroatoms. The maximum absolute atomic E-state index is 12.5. The first kappa shape index (κ1) is 17.5. The second kappa shape index (κ2) is 8.22. The average Bonchev–Trinajstić information content (AvgIpc) is 3.22. The normalized spacial score (nSPS) is 14.4. The number of piperazine rings is 1. The smallest absolute Gasteiger partial charge is 0.277 e. The average molecular weight is 381 g/mol. The Morgan fingerprint density at radius 2 is 1.85 bits per heavy atom. The summed E-state index contributed by atoms with van der Waals surface area (Å²) in [6, 6.07) is 13.9. The standard InChI is InChI=1S/C19H19N5O2S/c25-17(24-11-9-23(10-12-24)16-6-2-1-3-7-16)14-27-19-22-21-18(26-19)15-5-4-8-20-13-15/h1-8,13H,9-12,14H2. The van der Waals surface area contributed by atoms with E-state index in [1.165, 1.54) is 17.4 Å². The minimum absolute atomic E-state index is 0.0915. The molecule has 1 saturated heterocycles. The van der Waals surface area contributed by atoms with Crippen LogP contribution in [0.5, 0.6) is 0 Å². The SMILES string of the molecule is O=C(CSc1nnc(-c2cccnc2)o1)N1CCN(c2ccccc2)CC1. The minimum Gasteiger partial charge on any atom is -0.411 e. The monoisotopic (exact) mass is 381 g/mol. The molecule has 138 valence electrons. The quantitative estimate of drug-likeness (QED) is 0.629. The van der Waals surface area contributed by atoms with Gasteiger partial charge in [-0.2, -0.15) is 0 Å². The number of thioether (sulfide) groups is 1. The van der Waals surface area contributed by atoms with Crippen molar-refractivity contribution in [1.82, 2.24) is 20.1 Å². The van der Waals surface area contributed by atoms with Gasteiger partial charge in [0.25, 0.3) is 5.22 Å². The summed E-state index contributed by atoms with van der Waals surface area (Å²) in [5.41, 5.74) is 1.97. The van der Waals surface area contributed by atoms with Gasteiger partial charge in [-0.05, 0) is 24.3 Å². The van der Waals surface area contributed by atoms with Crippen molar-refractivity contribution in [3.8, 4) is 11.5 Å². The fourth-order valence-corrected chi connectivity index (χ4v) is 3.61. The zero-order chi connectivity index (χ0) is 18.5. The van der Waals surface area contributed by atoms with Gasteiger partial charge in [-0.3, -0.25) is 9.78 Å². The second-order valence-corrected chi connectivity index (χ2v) is 7.03. The van der Waals surface area contributed by atoms with Crippen LogP contribution in [0.1, 0.15) is 0 Å². The summed E-state index contributed by atoms with van der Waals surface area (Å²) in [4.78, 5) is 20.7. The molecular weight excluding hydrogens is 362 g/mol. The predicted molar refractivity (Wildman–Crippen MR) is 103 cm³/mol. The van der Waals surface area contributed by atoms with Crippen LogP contribution in [-0.2, 0) is 4.79 Å². The molecule has 0 radical (unpaired) electrons. The summed E-state index contributed by atoms with van der Waals surface area (Å²) < 4.78 is 5.60. The molecule has 1 amide bonds. The van der Waals surface area contributed by atoms with Crippen molar-refractivity contribution in [1.29, 1.82) is 0 Å². The van der Waals surface area contributed by atoms with E-state index in [0.717, 1.165) is 31.7 Å². The van der Waals surface area contributed by atoms with E-state index in [9.17, 15) is 4.79 Å². The van der Waals surface area contributed by atoms with E-state index in [-0.39, 0.29) is 5.91 Å². The summed E-state index contributed by atoms with van der Waals surface area (Å²) in [6.07, 6.45) is 3.35. The van der Waals surface area contributed by atoms with Gasteiger partial charge >= 0.3 is 0 Å². The summed E-state index contributed by atoms with van der Waals surface area (Å²) >= 11 is 1.27. The molecule has 3 heterocycles. The number of hydrogen-bond acceptors (Lipinski definition) is 7. The number of nitrogens with zero attached hydrogens (tertiary/aromatic N) is 5. The molecule has 0 atom stereocenters. The molecule has 4 rings (SSSR count). The number of aromatic nitrogens is 3. The van der Waals surface area contributed by atoms with Crippen LogP contribution < -0.4 is 4.90 Å². The Morgan fingerprint density at radius 3 is 2.59 bits per heavy atom. The first-order valence-electron chi connectivity index (χ1n) is 8.74. The number of pyridine rings is 1. The van der Waals surface area contributed by atoms with Gasteiger partial charge in [0.1, 0.15) is 0 Å². The van der Waals surface area contributed by atoms with Gasteiger partial charge in [0.15, 0.2) is 0 Å². The van der Waals surface area contributed by atoms with Gasteiger partial charge in [-0.25, -0.2) is 0 Å². The molecule has 0 N–H and O–H groups in total. The molecule has 0 spiro atoms. The molecule has 27 heavy (non-hydrogen) atoms. The first-order valence-corrected chi connectivity index (χ1v) is 9.72. The highest BCUT2D eigenvalue weighted by molar-refractivity contribution is 7.99. The second-order valence-electron chi connectivity index (χ2n) is 6.11. The van der Waals surface area contributed by atoms with Crippen LogP contribution in [0.3, 0.4) is 0 Å². The number of anilines is 1. The molecule has 1 aliphatic heterocycles. The Morgan fingerprint density at radius 1 is 1.04 bits per heavy atom. The Balaban J connectivity index is 1.27. The van der Waals surface area contributed by atoms with Crippen LogP contribution in [0.15, 0.2) is 64.5 Å². The number of hydrogen-bond donors (Lipinski definition) is 0. The lowest BCUT2D eigenvalue weighted by atomic mass is 10.2. The molecule has 0 bridgehead atoms. The third kappa shape index (κ3) is 4.28. The summed E-state index contributed by atoms with van der Waals surface area (Å²) in [7, 11) is 0. The zero-order valence-corrected chi connectivity index (χ0v) is 15.5. The van der Waals surface area contributed by atoms with Crippen LogP contribution >= 0.6 is 11.8 Å². The lowest BCUT2D eigenvalue weighted by molar-refractivity contribution is -0.128. The molecular formula is C19H19N5O2S. The van der Waals surface area contributed by atoms with Crippen LogP contribution in [0.25, 0.3) is 11.5 Å². The Hall–Kier alpha value is -2.87. The Bertz CT molecular complexity index is 879. The van der Waals surface area contributed by atoms with Gasteiger partial charge in [0.05, 0.1) is 11.3 Å². The third-order valence-corrected chi connectivity index (χ3v) is 5.19. The predicted octanol–water partition coefficient (Wildman–Crippen LogP) is 2.57. The fraction of sp³-hybridized carbons (Fsp3) is 0.263. The molecule has 1 fully saturated rings. The van der Waals surface area contributed by atoms with E-state index in [4.69, 9.17) is 4.42 Å². The van der Waals surface area contributed by atoms with Gasteiger partial charge < -0.3 is 14.2 Å². The van der Waals surface area contributed by atoms with Crippen molar-refractivity contribution < 1.29 is 9.21 Å². The molecule has 0 unspecified atom stereocenters. The highest BCUT2D eigenvalue weighted by Gasteiger charge is 2.22. The van der Waals surface area contributed by atoms with Crippen molar-refractivity contribution >= 4 is 23.4 Å². The minimum atomic E-state index is 0.0915. The summed E-state index contributed by atoms with van der Waals surface area (Å²) in [5.74, 6) is 0.795. The highest BCUT2D eigenvalue weighted by Crippen LogP contribution is 2.23. The van der Waals surface area contributed by atoms with Gasteiger partial charge in [-0.1, -0.05) is 30.0 Å². The van der Waals surface area contributed by atoms with E-state index < -0.39 is 0 Å². The fourth-order valence-electron chi connectivity index (χ4n) is 2.94. The molecule has 0 saturated carbocycles. The number of carbonyl (C=O) groups excluding carboxylic acids is 1. The lowest BCUT2D eigenvalue weighted by Gasteiger charge is -2.36. The van der Waals surface area contributed by atoms with Crippen molar-refractivity contribution in [2.45, 2.75) is 5.22 Å². The van der Waals surface area contributed by atoms with E-state index in [0.29, 0.717) is 16.9 Å². The van der Waals surface area contributed by atoms with Gasteiger partial charge in [-0.15, -0.1) is 10.2 Å². The summed E-state index contributed by atoms with van der Waals surface area (Å²) in [6.45, 7) is 3.12. The van der Waals surface area contributed by atoms with Gasteiger partial charge in [0.2, 0.25) is 11.8 Å². The first-order chi connectivity index (χ1) is 13.3. The number of amides is 1. The molecule has 1 aromatic carbocycles. The van der Waals surface area contributed by atoms with E-state index in [2.05, 4.69) is 32.2 Å². The van der Waals surface area contributed by atoms with Crippen molar-refractivity contribution in [3.05, 3.63) is 54.9 Å². The molecule has 7 nitrogen and oxygen atoms in total. The number of carbonyl (C=O) groups is 1. The molecule has 2 aromatic heterocycles. The maximum atomic E-state index is 12.5. The molecule has 1 aliphatic rings. The molecule has 3 aromatic rings. The van der Waals surface area contributed by atoms with Crippen LogP contribution in [0.2, 0.25) is 0 Å². The Labute approximate surface area is 161 Å². The number of rotatable bonds is 5.